The van der Waals surface area contributed by atoms with Crippen LogP contribution in [-0.4, -0.2) is 24.1 Å². The smallest absolute Gasteiger partial charge is 0.270 e. The molecule has 0 saturated carbocycles. The van der Waals surface area contributed by atoms with E-state index in [1.54, 1.807) is 12.1 Å². The highest BCUT2D eigenvalue weighted by atomic mass is 79.9. The third kappa shape index (κ3) is 2.64. The first kappa shape index (κ1) is 13.3. The summed E-state index contributed by atoms with van der Waals surface area (Å²) in [6.07, 6.45) is 1.05. The number of nitro groups is 1. The monoisotopic (exact) mass is 313 g/mol. The molecule has 0 bridgehead atoms. The molecule has 1 fully saturated rings. The Hall–Kier alpha value is -1.14. The number of nitrogens with two attached hydrogens (primary N) is 1. The highest BCUT2D eigenvalue weighted by Gasteiger charge is 2.24. The first-order valence-corrected chi connectivity index (χ1v) is 6.73. The minimum absolute atomic E-state index is 0.0975. The summed E-state index contributed by atoms with van der Waals surface area (Å²) in [5, 5.41) is 10.7. The molecule has 5 nitrogen and oxygen atoms in total. The number of anilines is 1. The number of nitro benzene ring substituents is 1. The summed E-state index contributed by atoms with van der Waals surface area (Å²) >= 11 is 3.40. The van der Waals surface area contributed by atoms with Crippen LogP contribution in [0.3, 0.4) is 0 Å². The summed E-state index contributed by atoms with van der Waals surface area (Å²) < 4.78 is 0.749. The van der Waals surface area contributed by atoms with Gasteiger partial charge in [-0.1, -0.05) is 6.92 Å². The topological polar surface area (TPSA) is 72.4 Å². The fourth-order valence-electron chi connectivity index (χ4n) is 2.18. The molecule has 6 heteroatoms. The summed E-state index contributed by atoms with van der Waals surface area (Å²) in [5.74, 6) is 0.526. The van der Waals surface area contributed by atoms with Crippen LogP contribution in [0.25, 0.3) is 0 Å². The average Bonchev–Trinajstić information content (AvgIpc) is 2.32. The van der Waals surface area contributed by atoms with Crippen LogP contribution in [0.5, 0.6) is 0 Å². The van der Waals surface area contributed by atoms with E-state index in [1.165, 1.54) is 6.07 Å². The fourth-order valence-corrected chi connectivity index (χ4v) is 2.80. The molecule has 1 aromatic rings. The van der Waals surface area contributed by atoms with Crippen LogP contribution in [0, 0.1) is 16.0 Å². The Morgan fingerprint density at radius 1 is 1.56 bits per heavy atom. The number of benzene rings is 1. The van der Waals surface area contributed by atoms with Gasteiger partial charge in [0.2, 0.25) is 0 Å². The van der Waals surface area contributed by atoms with Gasteiger partial charge in [-0.15, -0.1) is 0 Å². The first-order valence-electron chi connectivity index (χ1n) is 5.93. The minimum Gasteiger partial charge on any atom is -0.369 e. The third-order valence-electron chi connectivity index (χ3n) is 3.50. The largest absolute Gasteiger partial charge is 0.369 e. The van der Waals surface area contributed by atoms with Crippen LogP contribution in [0.4, 0.5) is 11.4 Å². The molecule has 98 valence electrons. The van der Waals surface area contributed by atoms with Crippen LogP contribution in [0.2, 0.25) is 0 Å². The first-order chi connectivity index (χ1) is 8.49. The van der Waals surface area contributed by atoms with Crippen molar-refractivity contribution in [3.63, 3.8) is 0 Å². The van der Waals surface area contributed by atoms with Gasteiger partial charge < -0.3 is 10.6 Å². The van der Waals surface area contributed by atoms with E-state index in [1.807, 2.05) is 0 Å². The zero-order valence-corrected chi connectivity index (χ0v) is 11.8. The lowest BCUT2D eigenvalue weighted by Gasteiger charge is -2.37. The summed E-state index contributed by atoms with van der Waals surface area (Å²) in [7, 11) is 0. The summed E-state index contributed by atoms with van der Waals surface area (Å²) in [6, 6.07) is 5.01. The van der Waals surface area contributed by atoms with Crippen molar-refractivity contribution >= 4 is 27.3 Å². The zero-order valence-electron chi connectivity index (χ0n) is 10.2. The predicted molar refractivity (Wildman–Crippen MR) is 74.8 cm³/mol. The van der Waals surface area contributed by atoms with Gasteiger partial charge in [0.1, 0.15) is 0 Å². The Balaban J connectivity index is 2.21. The van der Waals surface area contributed by atoms with Gasteiger partial charge in [0.15, 0.2) is 0 Å². The maximum absolute atomic E-state index is 10.7. The van der Waals surface area contributed by atoms with E-state index in [-0.39, 0.29) is 11.7 Å². The molecule has 18 heavy (non-hydrogen) atoms. The number of nitrogens with zero attached hydrogens (tertiary/aromatic N) is 2. The normalized spacial score (nSPS) is 24.1. The summed E-state index contributed by atoms with van der Waals surface area (Å²) in [5.41, 5.74) is 7.14. The van der Waals surface area contributed by atoms with Gasteiger partial charge in [0.05, 0.1) is 10.6 Å². The van der Waals surface area contributed by atoms with Gasteiger partial charge in [0, 0.05) is 35.7 Å². The number of halogens is 1. The fraction of sp³-hybridized carbons (Fsp3) is 0.500. The molecule has 2 atom stereocenters. The highest BCUT2D eigenvalue weighted by Crippen LogP contribution is 2.32. The van der Waals surface area contributed by atoms with Crippen molar-refractivity contribution in [2.45, 2.75) is 19.4 Å². The maximum atomic E-state index is 10.7. The van der Waals surface area contributed by atoms with E-state index in [9.17, 15) is 10.1 Å². The molecule has 1 heterocycles. The lowest BCUT2D eigenvalue weighted by Crippen LogP contribution is -2.47. The van der Waals surface area contributed by atoms with Crippen LogP contribution in [-0.2, 0) is 0 Å². The Kier molecular flexibility index (Phi) is 3.87. The second-order valence-corrected chi connectivity index (χ2v) is 5.62. The number of piperidine rings is 1. The Labute approximate surface area is 114 Å². The molecule has 2 rings (SSSR count). The van der Waals surface area contributed by atoms with Crippen LogP contribution in [0.15, 0.2) is 22.7 Å². The van der Waals surface area contributed by atoms with Crippen molar-refractivity contribution in [2.75, 3.05) is 18.0 Å². The van der Waals surface area contributed by atoms with Crippen molar-refractivity contribution in [1.29, 1.82) is 0 Å². The highest BCUT2D eigenvalue weighted by molar-refractivity contribution is 9.10. The van der Waals surface area contributed by atoms with Gasteiger partial charge in [-0.05, 0) is 34.3 Å². The average molecular weight is 314 g/mol. The molecule has 1 aliphatic rings. The lowest BCUT2D eigenvalue weighted by atomic mass is 9.94. The van der Waals surface area contributed by atoms with E-state index in [4.69, 9.17) is 5.73 Å². The van der Waals surface area contributed by atoms with Crippen molar-refractivity contribution < 1.29 is 4.92 Å². The second-order valence-electron chi connectivity index (χ2n) is 4.77. The van der Waals surface area contributed by atoms with E-state index < -0.39 is 4.92 Å². The van der Waals surface area contributed by atoms with E-state index in [0.717, 1.165) is 29.7 Å². The van der Waals surface area contributed by atoms with Crippen LogP contribution in [0.1, 0.15) is 13.3 Å². The SMILES string of the molecule is CC1CCN(c2ccc([N+](=O)[O-])cc2Br)CC1N. The van der Waals surface area contributed by atoms with E-state index in [0.29, 0.717) is 5.92 Å². The van der Waals surface area contributed by atoms with Crippen molar-refractivity contribution in [2.24, 2.45) is 11.7 Å². The van der Waals surface area contributed by atoms with Crippen LogP contribution < -0.4 is 10.6 Å². The molecule has 0 radical (unpaired) electrons. The standard InChI is InChI=1S/C12H16BrN3O2/c1-8-4-5-15(7-11(8)14)12-3-2-9(16(17)18)6-10(12)13/h2-3,6,8,11H,4-5,7,14H2,1H3. The molecule has 1 saturated heterocycles. The quantitative estimate of drug-likeness (QED) is 0.672. The predicted octanol–water partition coefficient (Wildman–Crippen LogP) is 2.53. The molecule has 0 spiro atoms. The van der Waals surface area contributed by atoms with E-state index >= 15 is 0 Å². The number of hydrogen-bond acceptors (Lipinski definition) is 4. The number of non-ortho nitro benzene ring substituents is 1. The van der Waals surface area contributed by atoms with Gasteiger partial charge in [-0.25, -0.2) is 0 Å². The lowest BCUT2D eigenvalue weighted by molar-refractivity contribution is -0.384. The maximum Gasteiger partial charge on any atom is 0.270 e. The van der Waals surface area contributed by atoms with Gasteiger partial charge >= 0.3 is 0 Å². The summed E-state index contributed by atoms with van der Waals surface area (Å²) in [4.78, 5) is 12.5. The van der Waals surface area contributed by atoms with Gasteiger partial charge in [0.25, 0.3) is 5.69 Å². The van der Waals surface area contributed by atoms with Gasteiger partial charge in [-0.2, -0.15) is 0 Å². The Morgan fingerprint density at radius 2 is 2.28 bits per heavy atom. The number of hydrogen-bond donors (Lipinski definition) is 1. The van der Waals surface area contributed by atoms with Crippen molar-refractivity contribution in [1.82, 2.24) is 0 Å². The number of rotatable bonds is 2. The molecule has 2 unspecified atom stereocenters. The molecular weight excluding hydrogens is 298 g/mol. The van der Waals surface area contributed by atoms with E-state index in [2.05, 4.69) is 27.8 Å². The van der Waals surface area contributed by atoms with Crippen molar-refractivity contribution in [3.8, 4) is 0 Å². The second kappa shape index (κ2) is 5.24. The molecule has 1 aliphatic heterocycles. The molecule has 0 aromatic heterocycles. The van der Waals surface area contributed by atoms with Gasteiger partial charge in [-0.3, -0.25) is 10.1 Å². The molecule has 1 aromatic carbocycles. The molecular formula is C12H16BrN3O2. The molecule has 0 aliphatic carbocycles. The van der Waals surface area contributed by atoms with Crippen LogP contribution >= 0.6 is 15.9 Å². The molecule has 2 N–H and O–H groups in total. The molecule has 0 amide bonds. The minimum atomic E-state index is -0.390. The third-order valence-corrected chi connectivity index (χ3v) is 4.13. The van der Waals surface area contributed by atoms with Crippen molar-refractivity contribution in [3.05, 3.63) is 32.8 Å². The Bertz CT molecular complexity index is 467. The summed E-state index contributed by atoms with van der Waals surface area (Å²) in [6.45, 7) is 3.88. The Morgan fingerprint density at radius 3 is 2.83 bits per heavy atom. The zero-order chi connectivity index (χ0) is 13.3.